The second kappa shape index (κ2) is 12.4. The molecule has 0 saturated carbocycles. The van der Waals surface area contributed by atoms with Crippen LogP contribution in [-0.4, -0.2) is 45.3 Å². The molecule has 0 aliphatic carbocycles. The van der Waals surface area contributed by atoms with Gasteiger partial charge in [-0.2, -0.15) is 0 Å². The first-order valence-corrected chi connectivity index (χ1v) is 12.1. The van der Waals surface area contributed by atoms with Crippen LogP contribution in [-0.2, 0) is 17.8 Å². The number of carbonyl (C=O) groups is 2. The number of carboxylic acid groups (broad SMARTS) is 1. The number of benzene rings is 2. The Morgan fingerprint density at radius 1 is 0.912 bits per heavy atom. The zero-order valence-electron chi connectivity index (χ0n) is 21.5. The number of amides is 2. The van der Waals surface area contributed by atoms with E-state index in [1.54, 1.807) is 4.90 Å². The van der Waals surface area contributed by atoms with Crippen molar-refractivity contribution in [3.63, 3.8) is 0 Å². The molecule has 6 nitrogen and oxygen atoms in total. The molecule has 1 N–H and O–H groups in total. The largest absolute Gasteiger partial charge is 0.465 e. The highest BCUT2D eigenvalue weighted by Crippen LogP contribution is 2.22. The van der Waals surface area contributed by atoms with Crippen molar-refractivity contribution in [3.8, 4) is 0 Å². The number of ether oxygens (including phenoxy) is 1. The molecule has 0 spiro atoms. The minimum Gasteiger partial charge on any atom is -0.465 e. The Bertz CT molecular complexity index is 869. The van der Waals surface area contributed by atoms with Crippen molar-refractivity contribution in [2.75, 3.05) is 6.61 Å². The van der Waals surface area contributed by atoms with E-state index in [1.807, 2.05) is 83.1 Å². The van der Waals surface area contributed by atoms with Gasteiger partial charge in [-0.1, -0.05) is 79.4 Å². The molecular formula is C28H40N2O4. The molecule has 0 aliphatic heterocycles. The van der Waals surface area contributed by atoms with Crippen LogP contribution in [0.4, 0.5) is 9.59 Å². The number of nitrogens with zero attached hydrogens (tertiary/aromatic N) is 2. The first kappa shape index (κ1) is 27.2. The number of unbranched alkanes of at least 4 members (excludes halogenated alkanes) is 1. The molecule has 1 atom stereocenters. The minimum atomic E-state index is -0.999. The molecule has 1 unspecified atom stereocenters. The van der Waals surface area contributed by atoms with Gasteiger partial charge in [-0.25, -0.2) is 9.59 Å². The van der Waals surface area contributed by atoms with Gasteiger partial charge in [-0.05, 0) is 52.2 Å². The summed E-state index contributed by atoms with van der Waals surface area (Å²) in [6, 6.07) is 15.8. The fraction of sp³-hybridized carbons (Fsp3) is 0.500. The minimum absolute atomic E-state index is 0.0285. The highest BCUT2D eigenvalue weighted by Gasteiger charge is 2.34. The lowest BCUT2D eigenvalue weighted by Gasteiger charge is -2.39. The van der Waals surface area contributed by atoms with Gasteiger partial charge >= 0.3 is 12.2 Å². The predicted octanol–water partition coefficient (Wildman–Crippen LogP) is 6.78. The van der Waals surface area contributed by atoms with Crippen molar-refractivity contribution in [2.24, 2.45) is 0 Å². The summed E-state index contributed by atoms with van der Waals surface area (Å²) in [5, 5.41) is 9.86. The molecule has 2 aromatic rings. The first-order chi connectivity index (χ1) is 16.0. The number of hydrogen-bond acceptors (Lipinski definition) is 3. The molecule has 2 aromatic carbocycles. The Labute approximate surface area is 204 Å². The number of rotatable bonds is 10. The van der Waals surface area contributed by atoms with Crippen LogP contribution in [0.15, 0.2) is 48.5 Å². The summed E-state index contributed by atoms with van der Waals surface area (Å²) in [7, 11) is 0. The lowest BCUT2D eigenvalue weighted by atomic mass is 10.0. The molecule has 0 heterocycles. The van der Waals surface area contributed by atoms with E-state index in [2.05, 4.69) is 6.92 Å². The number of hydrogen-bond donors (Lipinski definition) is 1. The van der Waals surface area contributed by atoms with Crippen LogP contribution in [0.5, 0.6) is 0 Å². The number of carbonyl (C=O) groups excluding carboxylic acids is 1. The molecule has 0 aliphatic rings. The maximum absolute atomic E-state index is 13.2. The van der Waals surface area contributed by atoms with E-state index in [0.717, 1.165) is 35.1 Å². The van der Waals surface area contributed by atoms with E-state index >= 15 is 0 Å². The topological polar surface area (TPSA) is 70.1 Å². The quantitative estimate of drug-likeness (QED) is 0.417. The van der Waals surface area contributed by atoms with Gasteiger partial charge in [0.2, 0.25) is 0 Å². The molecular weight excluding hydrogens is 428 g/mol. The van der Waals surface area contributed by atoms with E-state index < -0.39 is 23.8 Å². The van der Waals surface area contributed by atoms with Crippen molar-refractivity contribution in [3.05, 3.63) is 70.8 Å². The van der Waals surface area contributed by atoms with Crippen LogP contribution in [0.2, 0.25) is 0 Å². The molecule has 0 radical (unpaired) electrons. The third-order valence-electron chi connectivity index (χ3n) is 5.83. The van der Waals surface area contributed by atoms with Crippen LogP contribution in [0, 0.1) is 13.8 Å². The van der Waals surface area contributed by atoms with Gasteiger partial charge < -0.3 is 9.84 Å². The monoisotopic (exact) mass is 468 g/mol. The van der Waals surface area contributed by atoms with Crippen LogP contribution in [0.25, 0.3) is 0 Å². The van der Waals surface area contributed by atoms with Crippen LogP contribution in [0.1, 0.15) is 69.2 Å². The summed E-state index contributed by atoms with van der Waals surface area (Å²) >= 11 is 0. The van der Waals surface area contributed by atoms with Crippen LogP contribution < -0.4 is 0 Å². The molecule has 0 fully saturated rings. The Morgan fingerprint density at radius 3 is 1.76 bits per heavy atom. The van der Waals surface area contributed by atoms with Crippen molar-refractivity contribution in [2.45, 2.75) is 85.5 Å². The fourth-order valence-corrected chi connectivity index (χ4v) is 3.99. The van der Waals surface area contributed by atoms with Gasteiger partial charge in [0.15, 0.2) is 0 Å². The van der Waals surface area contributed by atoms with Gasteiger partial charge in [0.25, 0.3) is 0 Å². The predicted molar refractivity (Wildman–Crippen MR) is 136 cm³/mol. The van der Waals surface area contributed by atoms with Crippen LogP contribution in [0.3, 0.4) is 0 Å². The molecule has 6 heteroatoms. The summed E-state index contributed by atoms with van der Waals surface area (Å²) in [5.74, 6) is 0. The van der Waals surface area contributed by atoms with E-state index in [0.29, 0.717) is 19.5 Å². The molecule has 2 amide bonds. The third kappa shape index (κ3) is 8.40. The van der Waals surface area contributed by atoms with Gasteiger partial charge in [0.05, 0.1) is 6.04 Å². The normalized spacial score (nSPS) is 12.2. The average molecular weight is 469 g/mol. The lowest BCUT2D eigenvalue weighted by Crippen LogP contribution is -2.53. The van der Waals surface area contributed by atoms with Crippen LogP contribution >= 0.6 is 0 Å². The van der Waals surface area contributed by atoms with Gasteiger partial charge in [-0.15, -0.1) is 0 Å². The van der Waals surface area contributed by atoms with Crippen molar-refractivity contribution >= 4 is 12.2 Å². The maximum Gasteiger partial charge on any atom is 0.410 e. The van der Waals surface area contributed by atoms with E-state index in [4.69, 9.17) is 4.74 Å². The summed E-state index contributed by atoms with van der Waals surface area (Å²) in [6.45, 7) is 12.6. The molecule has 0 aromatic heterocycles. The van der Waals surface area contributed by atoms with Crippen molar-refractivity contribution < 1.29 is 19.4 Å². The summed E-state index contributed by atoms with van der Waals surface area (Å²) in [4.78, 5) is 28.4. The maximum atomic E-state index is 13.2. The highest BCUT2D eigenvalue weighted by atomic mass is 16.6. The lowest BCUT2D eigenvalue weighted by molar-refractivity contribution is 0.0242. The van der Waals surface area contributed by atoms with E-state index in [1.165, 1.54) is 4.90 Å². The van der Waals surface area contributed by atoms with Crippen molar-refractivity contribution in [1.82, 2.24) is 9.80 Å². The summed E-state index contributed by atoms with van der Waals surface area (Å²) in [6.07, 6.45) is 0.999. The molecule has 2 rings (SSSR count). The Hall–Kier alpha value is -3.02. The Kier molecular flexibility index (Phi) is 9.97. The average Bonchev–Trinajstić information content (AvgIpc) is 2.76. The SMILES string of the molecule is CCCCC(COC(=O)N(Cc1ccc(C)cc1)Cc1ccc(C)cc1)N(C(=O)O)C(C)(C)C. The number of aryl methyl sites for hydroxylation is 2. The summed E-state index contributed by atoms with van der Waals surface area (Å²) < 4.78 is 5.76. The fourth-order valence-electron chi connectivity index (χ4n) is 3.99. The van der Waals surface area contributed by atoms with Gasteiger partial charge in [-0.3, -0.25) is 9.80 Å². The first-order valence-electron chi connectivity index (χ1n) is 12.1. The van der Waals surface area contributed by atoms with Gasteiger partial charge in [0, 0.05) is 18.6 Å². The van der Waals surface area contributed by atoms with Gasteiger partial charge in [0.1, 0.15) is 6.61 Å². The Balaban J connectivity index is 2.20. The standard InChI is InChI=1S/C28H40N2O4/c1-7-8-9-25(30(26(31)32)28(4,5)6)20-34-27(33)29(18-23-14-10-21(2)11-15-23)19-24-16-12-22(3)13-17-24/h10-17,25H,7-9,18-20H2,1-6H3,(H,31,32). The smallest absolute Gasteiger partial charge is 0.410 e. The molecule has 186 valence electrons. The third-order valence-corrected chi connectivity index (χ3v) is 5.83. The second-order valence-corrected chi connectivity index (χ2v) is 10.0. The molecule has 0 bridgehead atoms. The highest BCUT2D eigenvalue weighted by molar-refractivity contribution is 5.68. The Morgan fingerprint density at radius 2 is 1.38 bits per heavy atom. The van der Waals surface area contributed by atoms with E-state index in [-0.39, 0.29) is 6.61 Å². The second-order valence-electron chi connectivity index (χ2n) is 10.0. The van der Waals surface area contributed by atoms with E-state index in [9.17, 15) is 14.7 Å². The molecule has 0 saturated heterocycles. The zero-order valence-corrected chi connectivity index (χ0v) is 21.5. The zero-order chi connectivity index (χ0) is 25.3. The van der Waals surface area contributed by atoms with Crippen molar-refractivity contribution in [1.29, 1.82) is 0 Å². The summed E-state index contributed by atoms with van der Waals surface area (Å²) in [5.41, 5.74) is 3.75. The molecule has 34 heavy (non-hydrogen) atoms.